The fraction of sp³-hybridized carbons (Fsp3) is 0.188. The number of nitrogen functional groups attached to an aromatic ring is 1. The van der Waals surface area contributed by atoms with Crippen molar-refractivity contribution in [1.82, 2.24) is 9.38 Å². The number of anilines is 1. The third kappa shape index (κ3) is 1.90. The molecule has 2 N–H and O–H groups in total. The lowest BCUT2D eigenvalue weighted by atomic mass is 10.1. The summed E-state index contributed by atoms with van der Waals surface area (Å²) < 4.78 is 7.23. The molecule has 4 heteroatoms. The fourth-order valence-corrected chi connectivity index (χ4v) is 2.47. The van der Waals surface area contributed by atoms with Crippen LogP contribution in [-0.4, -0.2) is 16.5 Å². The molecule has 0 bridgehead atoms. The van der Waals surface area contributed by atoms with Crippen LogP contribution in [0.3, 0.4) is 0 Å². The Kier molecular flexibility index (Phi) is 2.86. The van der Waals surface area contributed by atoms with Crippen LogP contribution in [0.15, 0.2) is 36.5 Å². The summed E-state index contributed by atoms with van der Waals surface area (Å²) in [6, 6.07) is 9.87. The lowest BCUT2D eigenvalue weighted by molar-refractivity contribution is 0.415. The Labute approximate surface area is 117 Å². The molecule has 1 aromatic carbocycles. The minimum Gasteiger partial charge on any atom is -0.497 e. The average Bonchev–Trinajstić information content (AvgIpc) is 2.77. The van der Waals surface area contributed by atoms with Gasteiger partial charge in [0.1, 0.15) is 11.4 Å². The predicted molar refractivity (Wildman–Crippen MR) is 81.1 cm³/mol. The molecule has 3 aromatic rings. The Morgan fingerprint density at radius 1 is 1.15 bits per heavy atom. The Balaban J connectivity index is 2.20. The molecular formula is C16H17N3O. The maximum absolute atomic E-state index is 5.91. The minimum absolute atomic E-state index is 0.747. The van der Waals surface area contributed by atoms with Gasteiger partial charge < -0.3 is 14.9 Å². The normalized spacial score (nSPS) is 10.9. The van der Waals surface area contributed by atoms with Crippen LogP contribution >= 0.6 is 0 Å². The van der Waals surface area contributed by atoms with Crippen LogP contribution in [0.5, 0.6) is 5.75 Å². The average molecular weight is 267 g/mol. The number of imidazole rings is 1. The van der Waals surface area contributed by atoms with Crippen molar-refractivity contribution in [3.63, 3.8) is 0 Å². The molecule has 0 atom stereocenters. The van der Waals surface area contributed by atoms with Crippen molar-refractivity contribution < 1.29 is 4.74 Å². The molecule has 20 heavy (non-hydrogen) atoms. The van der Waals surface area contributed by atoms with Gasteiger partial charge in [0, 0.05) is 23.1 Å². The summed E-state index contributed by atoms with van der Waals surface area (Å²) in [4.78, 5) is 4.75. The van der Waals surface area contributed by atoms with E-state index in [4.69, 9.17) is 15.5 Å². The molecule has 0 amide bonds. The van der Waals surface area contributed by atoms with Crippen molar-refractivity contribution in [2.45, 2.75) is 13.8 Å². The topological polar surface area (TPSA) is 52.5 Å². The Morgan fingerprint density at radius 2 is 1.85 bits per heavy atom. The maximum atomic E-state index is 5.91. The number of hydrogen-bond donors (Lipinski definition) is 1. The molecule has 0 saturated carbocycles. The zero-order valence-corrected chi connectivity index (χ0v) is 11.8. The summed E-state index contributed by atoms with van der Waals surface area (Å²) in [5.74, 6) is 0.843. The molecule has 0 fully saturated rings. The number of fused-ring (bicyclic) bond motifs is 1. The van der Waals surface area contributed by atoms with Crippen LogP contribution < -0.4 is 10.5 Å². The first-order valence-electron chi connectivity index (χ1n) is 6.49. The molecule has 2 heterocycles. The molecule has 0 spiro atoms. The fourth-order valence-electron chi connectivity index (χ4n) is 2.47. The summed E-state index contributed by atoms with van der Waals surface area (Å²) in [7, 11) is 1.66. The molecule has 0 radical (unpaired) electrons. The first-order valence-corrected chi connectivity index (χ1v) is 6.49. The smallest absolute Gasteiger partial charge is 0.140 e. The van der Waals surface area contributed by atoms with E-state index in [-0.39, 0.29) is 0 Å². The van der Waals surface area contributed by atoms with Gasteiger partial charge >= 0.3 is 0 Å². The van der Waals surface area contributed by atoms with Gasteiger partial charge in [-0.1, -0.05) is 0 Å². The number of nitrogens with zero attached hydrogens (tertiary/aromatic N) is 2. The highest BCUT2D eigenvalue weighted by Gasteiger charge is 2.12. The van der Waals surface area contributed by atoms with Gasteiger partial charge in [-0.25, -0.2) is 4.98 Å². The molecule has 4 nitrogen and oxygen atoms in total. The molecule has 0 saturated heterocycles. The van der Waals surface area contributed by atoms with Crippen molar-refractivity contribution in [2.24, 2.45) is 0 Å². The quantitative estimate of drug-likeness (QED) is 0.775. The Bertz CT molecular complexity index is 773. The third-order valence-electron chi connectivity index (χ3n) is 3.53. The largest absolute Gasteiger partial charge is 0.497 e. The lowest BCUT2D eigenvalue weighted by Crippen LogP contribution is -1.94. The summed E-state index contributed by atoms with van der Waals surface area (Å²) in [5, 5.41) is 0. The number of aromatic nitrogens is 2. The van der Waals surface area contributed by atoms with Crippen LogP contribution in [0.4, 0.5) is 5.69 Å². The second-order valence-corrected chi connectivity index (χ2v) is 4.92. The van der Waals surface area contributed by atoms with Crippen molar-refractivity contribution in [2.75, 3.05) is 12.8 Å². The van der Waals surface area contributed by atoms with Gasteiger partial charge in [-0.3, -0.25) is 0 Å². The first-order chi connectivity index (χ1) is 9.60. The molecule has 3 rings (SSSR count). The number of nitrogens with two attached hydrogens (primary N) is 1. The van der Waals surface area contributed by atoms with E-state index < -0.39 is 0 Å². The molecule has 0 aliphatic carbocycles. The summed E-state index contributed by atoms with van der Waals surface area (Å²) in [6.07, 6.45) is 1.91. The second-order valence-electron chi connectivity index (χ2n) is 4.92. The van der Waals surface area contributed by atoms with Crippen molar-refractivity contribution in [3.8, 4) is 17.0 Å². The monoisotopic (exact) mass is 267 g/mol. The first kappa shape index (κ1) is 12.5. The number of methoxy groups -OCH3 is 1. The van der Waals surface area contributed by atoms with Crippen molar-refractivity contribution in [3.05, 3.63) is 47.8 Å². The highest BCUT2D eigenvalue weighted by Crippen LogP contribution is 2.27. The van der Waals surface area contributed by atoms with E-state index in [2.05, 4.69) is 6.92 Å². The number of rotatable bonds is 2. The number of aryl methyl sites for hydroxylation is 2. The van der Waals surface area contributed by atoms with Gasteiger partial charge in [-0.05, 0) is 49.7 Å². The zero-order valence-electron chi connectivity index (χ0n) is 11.8. The predicted octanol–water partition coefficient (Wildman–Crippen LogP) is 3.21. The zero-order chi connectivity index (χ0) is 14.3. The van der Waals surface area contributed by atoms with E-state index in [1.165, 1.54) is 0 Å². The van der Waals surface area contributed by atoms with Crippen LogP contribution in [0.25, 0.3) is 16.9 Å². The van der Waals surface area contributed by atoms with E-state index in [1.807, 2.05) is 47.9 Å². The van der Waals surface area contributed by atoms with Crippen LogP contribution in [0.1, 0.15) is 11.3 Å². The van der Waals surface area contributed by atoms with Crippen molar-refractivity contribution in [1.29, 1.82) is 0 Å². The molecule has 102 valence electrons. The van der Waals surface area contributed by atoms with Crippen molar-refractivity contribution >= 4 is 11.3 Å². The number of pyridine rings is 1. The van der Waals surface area contributed by atoms with Crippen LogP contribution in [0.2, 0.25) is 0 Å². The highest BCUT2D eigenvalue weighted by molar-refractivity contribution is 5.69. The number of benzene rings is 1. The third-order valence-corrected chi connectivity index (χ3v) is 3.53. The Hall–Kier alpha value is -2.49. The number of ether oxygens (including phenoxy) is 1. The lowest BCUT2D eigenvalue weighted by Gasteiger charge is -2.03. The van der Waals surface area contributed by atoms with E-state index >= 15 is 0 Å². The van der Waals surface area contributed by atoms with Crippen LogP contribution in [0, 0.1) is 13.8 Å². The van der Waals surface area contributed by atoms with Crippen LogP contribution in [-0.2, 0) is 0 Å². The van der Waals surface area contributed by atoms with Gasteiger partial charge in [0.2, 0.25) is 0 Å². The van der Waals surface area contributed by atoms with Gasteiger partial charge in [0.15, 0.2) is 0 Å². The Morgan fingerprint density at radius 3 is 2.50 bits per heavy atom. The van der Waals surface area contributed by atoms with E-state index in [0.29, 0.717) is 0 Å². The summed E-state index contributed by atoms with van der Waals surface area (Å²) in [6.45, 7) is 4.08. The highest BCUT2D eigenvalue weighted by atomic mass is 16.5. The SMILES string of the molecule is COc1ccc(-c2nc3c(C)cc(N)cn3c2C)cc1. The molecule has 2 aromatic heterocycles. The van der Waals surface area contributed by atoms with Gasteiger partial charge in [0.05, 0.1) is 12.8 Å². The summed E-state index contributed by atoms with van der Waals surface area (Å²) >= 11 is 0. The standard InChI is InChI=1S/C16H17N3O/c1-10-8-13(17)9-19-11(2)15(18-16(10)19)12-4-6-14(20-3)7-5-12/h4-9H,17H2,1-3H3. The molecular weight excluding hydrogens is 250 g/mol. The summed E-state index contributed by atoms with van der Waals surface area (Å²) in [5.41, 5.74) is 11.8. The van der Waals surface area contributed by atoms with E-state index in [9.17, 15) is 0 Å². The van der Waals surface area contributed by atoms with Gasteiger partial charge in [-0.15, -0.1) is 0 Å². The molecule has 0 aliphatic rings. The van der Waals surface area contributed by atoms with Gasteiger partial charge in [-0.2, -0.15) is 0 Å². The minimum atomic E-state index is 0.747. The van der Waals surface area contributed by atoms with E-state index in [1.54, 1.807) is 7.11 Å². The maximum Gasteiger partial charge on any atom is 0.140 e. The molecule has 0 unspecified atom stereocenters. The van der Waals surface area contributed by atoms with E-state index in [0.717, 1.165) is 39.6 Å². The molecule has 0 aliphatic heterocycles. The second kappa shape index (κ2) is 4.56. The number of hydrogen-bond acceptors (Lipinski definition) is 3. The van der Waals surface area contributed by atoms with Gasteiger partial charge in [0.25, 0.3) is 0 Å².